The molecule has 1 aliphatic heterocycles. The summed E-state index contributed by atoms with van der Waals surface area (Å²) in [7, 11) is 0. The van der Waals surface area contributed by atoms with Crippen molar-refractivity contribution in [2.24, 2.45) is 5.92 Å². The number of allylic oxidation sites excluding steroid dienone is 1. The van der Waals surface area contributed by atoms with Crippen molar-refractivity contribution in [1.29, 1.82) is 0 Å². The molecule has 1 aromatic heterocycles. The normalized spacial score (nSPS) is 29.0. The van der Waals surface area contributed by atoms with Gasteiger partial charge in [0.2, 0.25) is 0 Å². The molecule has 0 saturated carbocycles. The minimum absolute atomic E-state index is 0.599. The van der Waals surface area contributed by atoms with Gasteiger partial charge < -0.3 is 5.32 Å². The van der Waals surface area contributed by atoms with Crippen LogP contribution in [0.3, 0.4) is 0 Å². The number of pyridine rings is 1. The number of nitrogens with zero attached hydrogens (tertiary/aromatic N) is 1. The highest BCUT2D eigenvalue weighted by molar-refractivity contribution is 5.71. The van der Waals surface area contributed by atoms with Gasteiger partial charge in [-0.1, -0.05) is 6.08 Å². The van der Waals surface area contributed by atoms with Crippen LogP contribution in [0.5, 0.6) is 0 Å². The summed E-state index contributed by atoms with van der Waals surface area (Å²) in [5.74, 6) is 0.866. The van der Waals surface area contributed by atoms with Gasteiger partial charge in [-0.2, -0.15) is 0 Å². The summed E-state index contributed by atoms with van der Waals surface area (Å²) in [6, 6.07) is 2.84. The smallest absolute Gasteiger partial charge is 0.0364 e. The van der Waals surface area contributed by atoms with Crippen molar-refractivity contribution in [3.8, 4) is 0 Å². The fraction of sp³-hybridized carbons (Fsp3) is 0.462. The van der Waals surface area contributed by atoms with Crippen molar-refractivity contribution in [1.82, 2.24) is 10.3 Å². The molecular formula is C13H16N2. The molecule has 1 aromatic rings. The van der Waals surface area contributed by atoms with E-state index in [0.717, 1.165) is 5.92 Å². The summed E-state index contributed by atoms with van der Waals surface area (Å²) < 4.78 is 0. The Morgan fingerprint density at radius 3 is 3.07 bits per heavy atom. The van der Waals surface area contributed by atoms with E-state index in [-0.39, 0.29) is 0 Å². The lowest BCUT2D eigenvalue weighted by Gasteiger charge is -2.42. The monoisotopic (exact) mass is 200 g/mol. The molecular weight excluding hydrogens is 184 g/mol. The Labute approximate surface area is 90.4 Å². The third-order valence-electron chi connectivity index (χ3n) is 3.52. The van der Waals surface area contributed by atoms with Gasteiger partial charge in [0.05, 0.1) is 0 Å². The van der Waals surface area contributed by atoms with Crippen LogP contribution in [0.2, 0.25) is 0 Å². The largest absolute Gasteiger partial charge is 0.309 e. The molecule has 2 atom stereocenters. The van der Waals surface area contributed by atoms with E-state index in [2.05, 4.69) is 29.4 Å². The topological polar surface area (TPSA) is 24.9 Å². The molecule has 0 aromatic carbocycles. The Hall–Kier alpha value is -1.15. The summed E-state index contributed by atoms with van der Waals surface area (Å²) in [5.41, 5.74) is 4.01. The highest BCUT2D eigenvalue weighted by Crippen LogP contribution is 2.35. The van der Waals surface area contributed by atoms with Gasteiger partial charge in [-0.05, 0) is 48.4 Å². The fourth-order valence-corrected chi connectivity index (χ4v) is 2.63. The molecule has 2 unspecified atom stereocenters. The van der Waals surface area contributed by atoms with E-state index < -0.39 is 0 Å². The number of nitrogens with one attached hydrogen (secondary N) is 1. The van der Waals surface area contributed by atoms with Crippen LogP contribution >= 0.6 is 0 Å². The molecule has 2 heteroatoms. The quantitative estimate of drug-likeness (QED) is 0.751. The Morgan fingerprint density at radius 2 is 2.33 bits per heavy atom. The Balaban J connectivity index is 1.96. The molecule has 1 fully saturated rings. The van der Waals surface area contributed by atoms with Crippen LogP contribution in [0.15, 0.2) is 24.5 Å². The second kappa shape index (κ2) is 3.46. The first kappa shape index (κ1) is 9.10. The van der Waals surface area contributed by atoms with Crippen LogP contribution in [0.1, 0.15) is 24.0 Å². The Bertz CT molecular complexity index is 409. The number of aromatic nitrogens is 1. The Morgan fingerprint density at radius 1 is 1.40 bits per heavy atom. The minimum atomic E-state index is 0.599. The third-order valence-corrected chi connectivity index (χ3v) is 3.52. The zero-order valence-corrected chi connectivity index (χ0v) is 9.03. The first-order valence-electron chi connectivity index (χ1n) is 5.70. The van der Waals surface area contributed by atoms with E-state index in [1.807, 2.05) is 12.4 Å². The first-order valence-corrected chi connectivity index (χ1v) is 5.70. The fourth-order valence-electron chi connectivity index (χ4n) is 2.63. The lowest BCUT2D eigenvalue weighted by molar-refractivity contribution is 0.262. The maximum Gasteiger partial charge on any atom is 0.0364 e. The van der Waals surface area contributed by atoms with Crippen molar-refractivity contribution >= 4 is 5.57 Å². The molecule has 1 saturated heterocycles. The van der Waals surface area contributed by atoms with E-state index in [1.165, 1.54) is 36.1 Å². The molecule has 0 bridgehead atoms. The zero-order valence-electron chi connectivity index (χ0n) is 9.03. The van der Waals surface area contributed by atoms with Crippen LogP contribution in [0, 0.1) is 12.8 Å². The average Bonchev–Trinajstić information content (AvgIpc) is 2.19. The van der Waals surface area contributed by atoms with Crippen molar-refractivity contribution in [2.75, 3.05) is 6.54 Å². The number of rotatable bonds is 1. The molecule has 1 N–H and O–H groups in total. The van der Waals surface area contributed by atoms with Crippen molar-refractivity contribution in [2.45, 2.75) is 25.8 Å². The predicted molar refractivity (Wildman–Crippen MR) is 61.5 cm³/mol. The number of fused-ring (bicyclic) bond motifs is 1. The molecule has 0 amide bonds. The van der Waals surface area contributed by atoms with E-state index in [4.69, 9.17) is 0 Å². The lowest BCUT2D eigenvalue weighted by Crippen LogP contribution is -2.54. The van der Waals surface area contributed by atoms with E-state index >= 15 is 0 Å². The van der Waals surface area contributed by atoms with Gasteiger partial charge in [0, 0.05) is 25.0 Å². The maximum atomic E-state index is 4.27. The molecule has 0 spiro atoms. The van der Waals surface area contributed by atoms with Crippen molar-refractivity contribution < 1.29 is 0 Å². The summed E-state index contributed by atoms with van der Waals surface area (Å²) in [4.78, 5) is 4.27. The van der Waals surface area contributed by atoms with Gasteiger partial charge in [-0.3, -0.25) is 4.98 Å². The van der Waals surface area contributed by atoms with Crippen LogP contribution in [0.4, 0.5) is 0 Å². The van der Waals surface area contributed by atoms with Gasteiger partial charge in [0.25, 0.3) is 0 Å². The minimum Gasteiger partial charge on any atom is -0.309 e. The first-order chi connectivity index (χ1) is 7.34. The highest BCUT2D eigenvalue weighted by Gasteiger charge is 2.35. The van der Waals surface area contributed by atoms with Crippen molar-refractivity contribution in [3.05, 3.63) is 35.7 Å². The van der Waals surface area contributed by atoms with Gasteiger partial charge in [0.1, 0.15) is 0 Å². The molecule has 3 rings (SSSR count). The number of hydrogen-bond donors (Lipinski definition) is 1. The molecule has 2 nitrogen and oxygen atoms in total. The van der Waals surface area contributed by atoms with E-state index in [9.17, 15) is 0 Å². The molecule has 1 aliphatic carbocycles. The standard InChI is InChI=1S/C13H16N2/c1-9-5-11(7-14-6-9)12-4-2-3-10-8-15-13(10)12/h4-7,10,13,15H,2-3,8H2,1H3. The molecule has 0 radical (unpaired) electrons. The predicted octanol–water partition coefficient (Wildman–Crippen LogP) is 2.16. The van der Waals surface area contributed by atoms with Crippen LogP contribution in [-0.4, -0.2) is 17.6 Å². The molecule has 15 heavy (non-hydrogen) atoms. The van der Waals surface area contributed by atoms with Crippen LogP contribution in [0.25, 0.3) is 5.57 Å². The third kappa shape index (κ3) is 1.49. The molecule has 78 valence electrons. The van der Waals surface area contributed by atoms with Gasteiger partial charge in [0.15, 0.2) is 0 Å². The summed E-state index contributed by atoms with van der Waals surface area (Å²) in [5, 5.41) is 3.52. The second-order valence-electron chi connectivity index (χ2n) is 4.63. The zero-order chi connectivity index (χ0) is 10.3. The van der Waals surface area contributed by atoms with Gasteiger partial charge in [-0.25, -0.2) is 0 Å². The van der Waals surface area contributed by atoms with Gasteiger partial charge in [-0.15, -0.1) is 0 Å². The summed E-state index contributed by atoms with van der Waals surface area (Å²) >= 11 is 0. The number of aryl methyl sites for hydroxylation is 1. The van der Waals surface area contributed by atoms with Crippen molar-refractivity contribution in [3.63, 3.8) is 0 Å². The lowest BCUT2D eigenvalue weighted by atomic mass is 9.76. The highest BCUT2D eigenvalue weighted by atomic mass is 15.0. The second-order valence-corrected chi connectivity index (χ2v) is 4.63. The maximum absolute atomic E-state index is 4.27. The Kier molecular flexibility index (Phi) is 2.10. The number of hydrogen-bond acceptors (Lipinski definition) is 2. The molecule has 2 heterocycles. The van der Waals surface area contributed by atoms with Crippen LogP contribution in [-0.2, 0) is 0 Å². The summed E-state index contributed by atoms with van der Waals surface area (Å²) in [6.45, 7) is 3.30. The average molecular weight is 200 g/mol. The van der Waals surface area contributed by atoms with Gasteiger partial charge >= 0.3 is 0 Å². The summed E-state index contributed by atoms with van der Waals surface area (Å²) in [6.07, 6.45) is 8.86. The van der Waals surface area contributed by atoms with E-state index in [0.29, 0.717) is 6.04 Å². The SMILES string of the molecule is Cc1cncc(C2=CCCC3CNC23)c1. The van der Waals surface area contributed by atoms with Crippen LogP contribution < -0.4 is 5.32 Å². The molecule has 2 aliphatic rings. The van der Waals surface area contributed by atoms with E-state index in [1.54, 1.807) is 0 Å².